The summed E-state index contributed by atoms with van der Waals surface area (Å²) < 4.78 is 38.3. The van der Waals surface area contributed by atoms with Gasteiger partial charge in [0.1, 0.15) is 24.2 Å². The van der Waals surface area contributed by atoms with Gasteiger partial charge in [0.25, 0.3) is 0 Å². The van der Waals surface area contributed by atoms with Gasteiger partial charge in [-0.1, -0.05) is 13.0 Å². The molecule has 1 saturated heterocycles. The van der Waals surface area contributed by atoms with Crippen molar-refractivity contribution >= 4 is 29.8 Å². The van der Waals surface area contributed by atoms with Crippen LogP contribution in [0.25, 0.3) is 0 Å². The summed E-state index contributed by atoms with van der Waals surface area (Å²) in [6.45, 7) is 6.08. The number of ether oxygens (including phenoxy) is 7. The van der Waals surface area contributed by atoms with Crippen molar-refractivity contribution in [3.63, 3.8) is 0 Å². The monoisotopic (exact) mass is 508 g/mol. The first-order valence-electron chi connectivity index (χ1n) is 11.3. The minimum Gasteiger partial charge on any atom is -0.463 e. The highest BCUT2D eigenvalue weighted by molar-refractivity contribution is 5.76. The van der Waals surface area contributed by atoms with Gasteiger partial charge in [0, 0.05) is 33.8 Å². The van der Waals surface area contributed by atoms with Crippen molar-refractivity contribution in [1.82, 2.24) is 0 Å². The quantitative estimate of drug-likeness (QED) is 0.299. The number of carbonyl (C=O) groups is 5. The normalized spacial score (nSPS) is 27.1. The van der Waals surface area contributed by atoms with Crippen molar-refractivity contribution in [2.75, 3.05) is 6.61 Å². The molecule has 196 valence electrons. The standard InChI is InChI=1S/C24H28O12/c1-11-8-20(29)35-18-9-16(6-7-17(11)18)34-24-23(33-15(5)28)22(32-14(4)27)21(31-13(3)26)19(36-24)10-30-12(2)25/h6-7,9,11,19,21-24H,8,10H2,1-5H3/t11?,19?,21-,22+,23-,24-/m1/s1. The van der Waals surface area contributed by atoms with Gasteiger partial charge in [-0.05, 0) is 17.5 Å². The molecule has 12 nitrogen and oxygen atoms in total. The minimum absolute atomic E-state index is 0.0547. The van der Waals surface area contributed by atoms with E-state index in [1.54, 1.807) is 12.1 Å². The third-order valence-corrected chi connectivity index (χ3v) is 5.41. The molecule has 1 fully saturated rings. The Kier molecular flexibility index (Phi) is 8.51. The average molecular weight is 508 g/mol. The molecule has 6 atom stereocenters. The van der Waals surface area contributed by atoms with Crippen molar-refractivity contribution in [2.24, 2.45) is 0 Å². The van der Waals surface area contributed by atoms with Crippen molar-refractivity contribution in [3.8, 4) is 11.5 Å². The van der Waals surface area contributed by atoms with Gasteiger partial charge in [-0.3, -0.25) is 24.0 Å². The zero-order chi connectivity index (χ0) is 26.6. The van der Waals surface area contributed by atoms with Gasteiger partial charge in [-0.15, -0.1) is 0 Å². The largest absolute Gasteiger partial charge is 0.463 e. The molecule has 2 aliphatic heterocycles. The molecule has 0 saturated carbocycles. The van der Waals surface area contributed by atoms with E-state index in [9.17, 15) is 24.0 Å². The summed E-state index contributed by atoms with van der Waals surface area (Å²) in [6, 6.07) is 4.83. The van der Waals surface area contributed by atoms with E-state index in [0.29, 0.717) is 5.75 Å². The lowest BCUT2D eigenvalue weighted by atomic mass is 9.94. The van der Waals surface area contributed by atoms with E-state index in [2.05, 4.69) is 0 Å². The molecular formula is C24H28O12. The molecule has 36 heavy (non-hydrogen) atoms. The molecule has 2 unspecified atom stereocenters. The molecule has 1 aromatic rings. The molecule has 2 heterocycles. The summed E-state index contributed by atoms with van der Waals surface area (Å²) in [5.74, 6) is -2.81. The van der Waals surface area contributed by atoms with Gasteiger partial charge in [-0.25, -0.2) is 0 Å². The second-order valence-corrected chi connectivity index (χ2v) is 8.46. The molecule has 0 amide bonds. The van der Waals surface area contributed by atoms with Gasteiger partial charge in [0.05, 0.1) is 6.42 Å². The minimum atomic E-state index is -1.39. The maximum absolute atomic E-state index is 11.9. The Morgan fingerprint density at radius 1 is 0.889 bits per heavy atom. The molecule has 0 radical (unpaired) electrons. The third kappa shape index (κ3) is 6.72. The molecule has 3 rings (SSSR count). The van der Waals surface area contributed by atoms with Crippen molar-refractivity contribution in [1.29, 1.82) is 0 Å². The lowest BCUT2D eigenvalue weighted by Crippen LogP contribution is -2.63. The van der Waals surface area contributed by atoms with Crippen molar-refractivity contribution in [3.05, 3.63) is 23.8 Å². The fourth-order valence-electron chi connectivity index (χ4n) is 4.03. The number of carbonyl (C=O) groups excluding carboxylic acids is 5. The Bertz CT molecular complexity index is 1030. The highest BCUT2D eigenvalue weighted by atomic mass is 16.7. The predicted octanol–water partition coefficient (Wildman–Crippen LogP) is 1.56. The molecular weight excluding hydrogens is 480 g/mol. The molecule has 2 aliphatic rings. The van der Waals surface area contributed by atoms with Crippen LogP contribution in [0.2, 0.25) is 0 Å². The van der Waals surface area contributed by atoms with Crippen LogP contribution < -0.4 is 9.47 Å². The number of fused-ring (bicyclic) bond motifs is 1. The van der Waals surface area contributed by atoms with Gasteiger partial charge >= 0.3 is 29.8 Å². The van der Waals surface area contributed by atoms with E-state index in [1.165, 1.54) is 13.0 Å². The van der Waals surface area contributed by atoms with E-state index in [1.807, 2.05) is 6.92 Å². The highest BCUT2D eigenvalue weighted by Gasteiger charge is 2.53. The van der Waals surface area contributed by atoms with E-state index < -0.39 is 54.6 Å². The molecule has 0 N–H and O–H groups in total. The van der Waals surface area contributed by atoms with Gasteiger partial charge < -0.3 is 33.2 Å². The van der Waals surface area contributed by atoms with E-state index in [4.69, 9.17) is 33.2 Å². The Hall–Kier alpha value is -3.67. The topological polar surface area (TPSA) is 150 Å². The second-order valence-electron chi connectivity index (χ2n) is 8.46. The number of rotatable bonds is 7. The van der Waals surface area contributed by atoms with Crippen LogP contribution >= 0.6 is 0 Å². The Labute approximate surface area is 207 Å². The zero-order valence-corrected chi connectivity index (χ0v) is 20.5. The van der Waals surface area contributed by atoms with Crippen LogP contribution in [-0.4, -0.2) is 67.2 Å². The number of hydrogen-bond donors (Lipinski definition) is 0. The Balaban J connectivity index is 1.97. The Morgan fingerprint density at radius 3 is 2.11 bits per heavy atom. The lowest BCUT2D eigenvalue weighted by molar-refractivity contribution is -0.288. The summed E-state index contributed by atoms with van der Waals surface area (Å²) >= 11 is 0. The first kappa shape index (κ1) is 26.9. The molecule has 0 bridgehead atoms. The summed E-state index contributed by atoms with van der Waals surface area (Å²) in [7, 11) is 0. The summed E-state index contributed by atoms with van der Waals surface area (Å²) in [5.41, 5.74) is 0.809. The number of hydrogen-bond acceptors (Lipinski definition) is 12. The van der Waals surface area contributed by atoms with E-state index in [0.717, 1.165) is 26.3 Å². The Morgan fingerprint density at radius 2 is 1.50 bits per heavy atom. The van der Waals surface area contributed by atoms with Crippen LogP contribution in [0.1, 0.15) is 52.5 Å². The van der Waals surface area contributed by atoms with Gasteiger partial charge in [0.2, 0.25) is 12.4 Å². The average Bonchev–Trinajstić information content (AvgIpc) is 2.75. The van der Waals surface area contributed by atoms with Crippen LogP contribution in [0.15, 0.2) is 18.2 Å². The summed E-state index contributed by atoms with van der Waals surface area (Å²) in [5, 5.41) is 0. The smallest absolute Gasteiger partial charge is 0.311 e. The van der Waals surface area contributed by atoms with Crippen LogP contribution in [-0.2, 0) is 47.7 Å². The van der Waals surface area contributed by atoms with Gasteiger partial charge in [0.15, 0.2) is 12.2 Å². The first-order valence-corrected chi connectivity index (χ1v) is 11.3. The SMILES string of the molecule is CC(=O)OCC1O[C@@H](Oc2ccc3c(c2)OC(=O)CC3C)[C@H](OC(C)=O)[C@@H](OC(C)=O)[C@@H]1OC(C)=O. The molecule has 0 aliphatic carbocycles. The van der Waals surface area contributed by atoms with Gasteiger partial charge in [-0.2, -0.15) is 0 Å². The molecule has 0 spiro atoms. The number of esters is 5. The summed E-state index contributed by atoms with van der Waals surface area (Å²) in [6.07, 6.45) is -6.31. The van der Waals surface area contributed by atoms with E-state index in [-0.39, 0.29) is 30.7 Å². The lowest BCUT2D eigenvalue weighted by Gasteiger charge is -2.43. The van der Waals surface area contributed by atoms with E-state index >= 15 is 0 Å². The second kappa shape index (κ2) is 11.4. The molecule has 12 heteroatoms. The van der Waals surface area contributed by atoms with Crippen molar-refractivity contribution < 1.29 is 57.1 Å². The molecule has 0 aromatic heterocycles. The summed E-state index contributed by atoms with van der Waals surface area (Å²) in [4.78, 5) is 59.0. The van der Waals surface area contributed by atoms with Crippen LogP contribution in [0.5, 0.6) is 11.5 Å². The van der Waals surface area contributed by atoms with Crippen molar-refractivity contribution in [2.45, 2.75) is 77.7 Å². The maximum atomic E-state index is 11.9. The third-order valence-electron chi connectivity index (χ3n) is 5.41. The van der Waals surface area contributed by atoms with Crippen LogP contribution in [0, 0.1) is 0 Å². The highest BCUT2D eigenvalue weighted by Crippen LogP contribution is 2.38. The molecule has 1 aromatic carbocycles. The van der Waals surface area contributed by atoms with Crippen LogP contribution in [0.3, 0.4) is 0 Å². The first-order chi connectivity index (χ1) is 16.9. The fraction of sp³-hybridized carbons (Fsp3) is 0.542. The predicted molar refractivity (Wildman–Crippen MR) is 118 cm³/mol. The fourth-order valence-corrected chi connectivity index (χ4v) is 4.03. The zero-order valence-electron chi connectivity index (χ0n) is 20.5. The van der Waals surface area contributed by atoms with Crippen LogP contribution in [0.4, 0.5) is 0 Å². The maximum Gasteiger partial charge on any atom is 0.311 e. The number of benzene rings is 1.